The summed E-state index contributed by atoms with van der Waals surface area (Å²) in [5.41, 5.74) is 0. The quantitative estimate of drug-likeness (QED) is 0.482. The van der Waals surface area contributed by atoms with Crippen LogP contribution in [0.5, 0.6) is 0 Å². The molecule has 0 aliphatic carbocycles. The Kier molecular flexibility index (Phi) is 3.19. The molecule has 0 radical (unpaired) electrons. The number of hydrogen-bond acceptors (Lipinski definition) is 2. The van der Waals surface area contributed by atoms with E-state index in [1.807, 2.05) is 0 Å². The smallest absolute Gasteiger partial charge is 0.219 e. The first-order chi connectivity index (χ1) is 3.39. The highest BCUT2D eigenvalue weighted by molar-refractivity contribution is 5.76. The van der Waals surface area contributed by atoms with Gasteiger partial charge < -0.3 is 11.5 Å². The van der Waals surface area contributed by atoms with E-state index in [1.54, 1.807) is 0 Å². The minimum Gasteiger partial charge on any atom is -0.356 e. The van der Waals surface area contributed by atoms with Gasteiger partial charge in [-0.15, -0.1) is 0 Å². The first-order valence-electron chi connectivity index (χ1n) is 2.66. The van der Waals surface area contributed by atoms with Gasteiger partial charge in [-0.1, -0.05) is 0 Å². The fourth-order valence-corrected chi connectivity index (χ4v) is 0.727. The average molecular weight is 116 g/mol. The molecule has 1 aliphatic rings. The number of piperidine rings is 1. The summed E-state index contributed by atoms with van der Waals surface area (Å²) in [6.45, 7) is 0.888. The van der Waals surface area contributed by atoms with Crippen molar-refractivity contribution >= 4 is 5.91 Å². The van der Waals surface area contributed by atoms with E-state index in [4.69, 9.17) is 0 Å². The molecule has 0 aromatic rings. The van der Waals surface area contributed by atoms with Crippen molar-refractivity contribution in [1.82, 2.24) is 11.5 Å². The lowest BCUT2D eigenvalue weighted by atomic mass is 10.2. The van der Waals surface area contributed by atoms with Crippen molar-refractivity contribution < 1.29 is 4.79 Å². The second-order valence-electron chi connectivity index (χ2n) is 1.81. The highest BCUT2D eigenvalue weighted by Gasteiger charge is 2.04. The minimum atomic E-state index is 0. The van der Waals surface area contributed by atoms with Crippen LogP contribution in [-0.2, 0) is 4.79 Å². The monoisotopic (exact) mass is 116 g/mol. The number of amides is 1. The van der Waals surface area contributed by atoms with Gasteiger partial charge >= 0.3 is 0 Å². The van der Waals surface area contributed by atoms with Gasteiger partial charge in [-0.25, -0.2) is 0 Å². The van der Waals surface area contributed by atoms with Gasteiger partial charge in [0.15, 0.2) is 0 Å². The van der Waals surface area contributed by atoms with E-state index in [1.165, 1.54) is 0 Å². The molecule has 1 saturated heterocycles. The third-order valence-electron chi connectivity index (χ3n) is 1.15. The Hall–Kier alpha value is -0.570. The zero-order valence-corrected chi connectivity index (χ0v) is 4.94. The molecule has 3 nitrogen and oxygen atoms in total. The maximum atomic E-state index is 10.4. The lowest BCUT2D eigenvalue weighted by Crippen LogP contribution is -2.28. The van der Waals surface area contributed by atoms with Crippen molar-refractivity contribution in [3.63, 3.8) is 0 Å². The number of rotatable bonds is 0. The predicted molar refractivity (Wildman–Crippen MR) is 31.9 cm³/mol. The maximum absolute atomic E-state index is 10.4. The molecule has 0 aromatic heterocycles. The fraction of sp³-hybridized carbons (Fsp3) is 0.800. The number of nitrogens with one attached hydrogen (secondary N) is 1. The summed E-state index contributed by atoms with van der Waals surface area (Å²) in [7, 11) is 0. The highest BCUT2D eigenvalue weighted by Crippen LogP contribution is 1.98. The van der Waals surface area contributed by atoms with Crippen LogP contribution in [0, 0.1) is 0 Å². The van der Waals surface area contributed by atoms with E-state index in [0.717, 1.165) is 25.8 Å². The van der Waals surface area contributed by atoms with E-state index >= 15 is 0 Å². The van der Waals surface area contributed by atoms with Crippen molar-refractivity contribution in [2.75, 3.05) is 6.54 Å². The Bertz CT molecular complexity index is 74.5. The van der Waals surface area contributed by atoms with Crippen molar-refractivity contribution in [1.29, 1.82) is 0 Å². The molecule has 48 valence electrons. The van der Waals surface area contributed by atoms with Crippen LogP contribution in [0.1, 0.15) is 19.3 Å². The first-order valence-corrected chi connectivity index (χ1v) is 2.66. The standard InChI is InChI=1S/C5H9NO.H3N/c7-5-3-1-2-4-6-5;/h1-4H2,(H,6,7);1H3. The number of carbonyl (C=O) groups excluding carboxylic acids is 1. The molecule has 0 aromatic carbocycles. The van der Waals surface area contributed by atoms with Crippen LogP contribution in [0.15, 0.2) is 0 Å². The summed E-state index contributed by atoms with van der Waals surface area (Å²) in [4.78, 5) is 10.4. The van der Waals surface area contributed by atoms with Gasteiger partial charge in [-0.3, -0.25) is 4.79 Å². The van der Waals surface area contributed by atoms with Gasteiger partial charge in [0.2, 0.25) is 5.91 Å². The molecule has 1 aliphatic heterocycles. The van der Waals surface area contributed by atoms with Gasteiger partial charge in [0.05, 0.1) is 0 Å². The van der Waals surface area contributed by atoms with Gasteiger partial charge in [0, 0.05) is 13.0 Å². The predicted octanol–water partition coefficient (Wildman–Crippen LogP) is 0.448. The Labute approximate surface area is 49.0 Å². The van der Waals surface area contributed by atoms with E-state index in [9.17, 15) is 4.79 Å². The molecule has 0 bridgehead atoms. The van der Waals surface area contributed by atoms with E-state index in [2.05, 4.69) is 5.32 Å². The van der Waals surface area contributed by atoms with Gasteiger partial charge in [0.1, 0.15) is 0 Å². The largest absolute Gasteiger partial charge is 0.356 e. The zero-order valence-electron chi connectivity index (χ0n) is 4.94. The molecular formula is C5H12N2O. The second-order valence-corrected chi connectivity index (χ2v) is 1.81. The molecule has 8 heavy (non-hydrogen) atoms. The van der Waals surface area contributed by atoms with Crippen molar-refractivity contribution in [3.05, 3.63) is 0 Å². The van der Waals surface area contributed by atoms with Crippen molar-refractivity contribution in [3.8, 4) is 0 Å². The molecule has 4 N–H and O–H groups in total. The Morgan fingerprint density at radius 3 is 2.38 bits per heavy atom. The van der Waals surface area contributed by atoms with Crippen LogP contribution in [0.4, 0.5) is 0 Å². The van der Waals surface area contributed by atoms with E-state index in [-0.39, 0.29) is 12.1 Å². The molecule has 1 rings (SSSR count). The molecule has 0 saturated carbocycles. The summed E-state index contributed by atoms with van der Waals surface area (Å²) in [5.74, 6) is 0.214. The third kappa shape index (κ3) is 1.93. The van der Waals surface area contributed by atoms with Crippen LogP contribution in [0.25, 0.3) is 0 Å². The molecule has 3 heteroatoms. The Morgan fingerprint density at radius 1 is 1.38 bits per heavy atom. The minimum absolute atomic E-state index is 0. The van der Waals surface area contributed by atoms with Crippen LogP contribution in [0.2, 0.25) is 0 Å². The molecule has 1 heterocycles. The summed E-state index contributed by atoms with van der Waals surface area (Å²) in [5, 5.41) is 2.74. The summed E-state index contributed by atoms with van der Waals surface area (Å²) in [6.07, 6.45) is 2.97. The summed E-state index contributed by atoms with van der Waals surface area (Å²) in [6, 6.07) is 0. The Balaban J connectivity index is 0.000000490. The molecule has 0 spiro atoms. The summed E-state index contributed by atoms with van der Waals surface area (Å²) >= 11 is 0. The van der Waals surface area contributed by atoms with E-state index < -0.39 is 0 Å². The number of hydrogen-bond donors (Lipinski definition) is 2. The van der Waals surface area contributed by atoms with Crippen molar-refractivity contribution in [2.24, 2.45) is 0 Å². The highest BCUT2D eigenvalue weighted by atomic mass is 16.1. The van der Waals surface area contributed by atoms with Crippen LogP contribution in [0.3, 0.4) is 0 Å². The van der Waals surface area contributed by atoms with Gasteiger partial charge in [-0.05, 0) is 12.8 Å². The van der Waals surface area contributed by atoms with Gasteiger partial charge in [0.25, 0.3) is 0 Å². The van der Waals surface area contributed by atoms with Gasteiger partial charge in [-0.2, -0.15) is 0 Å². The van der Waals surface area contributed by atoms with Crippen LogP contribution in [-0.4, -0.2) is 12.5 Å². The Morgan fingerprint density at radius 2 is 2.12 bits per heavy atom. The van der Waals surface area contributed by atoms with Crippen LogP contribution >= 0.6 is 0 Å². The molecule has 0 atom stereocenters. The normalized spacial score (nSPS) is 18.8. The van der Waals surface area contributed by atoms with E-state index in [0.29, 0.717) is 0 Å². The molecule has 0 unspecified atom stereocenters. The fourth-order valence-electron chi connectivity index (χ4n) is 0.727. The lowest BCUT2D eigenvalue weighted by molar-refractivity contribution is -0.122. The molecule has 1 fully saturated rings. The maximum Gasteiger partial charge on any atom is 0.219 e. The third-order valence-corrected chi connectivity index (χ3v) is 1.15. The lowest BCUT2D eigenvalue weighted by Gasteiger charge is -2.08. The number of carbonyl (C=O) groups is 1. The molecular weight excluding hydrogens is 104 g/mol. The second kappa shape index (κ2) is 3.43. The SMILES string of the molecule is N.O=C1CCCCN1. The topological polar surface area (TPSA) is 64.1 Å². The summed E-state index contributed by atoms with van der Waals surface area (Å²) < 4.78 is 0. The van der Waals surface area contributed by atoms with Crippen LogP contribution < -0.4 is 11.5 Å². The zero-order chi connectivity index (χ0) is 5.11. The molecule has 1 amide bonds. The van der Waals surface area contributed by atoms with Crippen molar-refractivity contribution in [2.45, 2.75) is 19.3 Å². The average Bonchev–Trinajstić information content (AvgIpc) is 1.69. The first kappa shape index (κ1) is 7.43.